The molecule has 4 unspecified atom stereocenters. The van der Waals surface area contributed by atoms with Crippen LogP contribution in [0.15, 0.2) is 47.1 Å². The van der Waals surface area contributed by atoms with Crippen LogP contribution in [0.5, 0.6) is 0 Å². The Morgan fingerprint density at radius 1 is 1.24 bits per heavy atom. The molecule has 3 rings (SSSR count). The summed E-state index contributed by atoms with van der Waals surface area (Å²) in [6.45, 7) is 0. The van der Waals surface area contributed by atoms with Gasteiger partial charge in [-0.3, -0.25) is 4.79 Å². The number of rotatable bonds is 3. The van der Waals surface area contributed by atoms with E-state index in [4.69, 9.17) is 4.52 Å². The van der Waals surface area contributed by atoms with E-state index in [1.165, 1.54) is 12.3 Å². The van der Waals surface area contributed by atoms with Crippen LogP contribution in [0.1, 0.15) is 28.5 Å². The summed E-state index contributed by atoms with van der Waals surface area (Å²) in [5, 5.41) is 26.2. The molecule has 3 N–H and O–H groups in total. The highest BCUT2D eigenvalue weighted by Gasteiger charge is 2.43. The minimum Gasteiger partial charge on any atom is -0.390 e. The van der Waals surface area contributed by atoms with Crippen molar-refractivity contribution in [3.63, 3.8) is 0 Å². The summed E-state index contributed by atoms with van der Waals surface area (Å²) >= 11 is 0. The molecule has 1 amide bonds. The second kappa shape index (κ2) is 5.67. The average molecular weight is 288 g/mol. The molecule has 0 spiro atoms. The minimum atomic E-state index is -1.01. The Hall–Kier alpha value is -2.18. The van der Waals surface area contributed by atoms with E-state index >= 15 is 0 Å². The zero-order valence-electron chi connectivity index (χ0n) is 11.2. The van der Waals surface area contributed by atoms with E-state index in [1.807, 2.05) is 30.3 Å². The Morgan fingerprint density at radius 3 is 2.67 bits per heavy atom. The summed E-state index contributed by atoms with van der Waals surface area (Å²) < 4.78 is 4.80. The first-order valence-electron chi connectivity index (χ1n) is 6.79. The largest absolute Gasteiger partial charge is 0.390 e. The maximum Gasteiger partial charge on any atom is 0.290 e. The number of aromatic nitrogens is 1. The van der Waals surface area contributed by atoms with E-state index in [0.717, 1.165) is 5.56 Å². The zero-order chi connectivity index (χ0) is 14.8. The van der Waals surface area contributed by atoms with Crippen molar-refractivity contribution in [3.05, 3.63) is 53.9 Å². The Morgan fingerprint density at radius 2 is 2.00 bits per heavy atom. The van der Waals surface area contributed by atoms with Gasteiger partial charge in [-0.05, 0) is 12.0 Å². The molecule has 4 atom stereocenters. The van der Waals surface area contributed by atoms with Crippen LogP contribution in [0.2, 0.25) is 0 Å². The van der Waals surface area contributed by atoms with Gasteiger partial charge >= 0.3 is 0 Å². The van der Waals surface area contributed by atoms with Crippen LogP contribution in [0, 0.1) is 0 Å². The van der Waals surface area contributed by atoms with Crippen LogP contribution in [-0.4, -0.2) is 39.5 Å². The van der Waals surface area contributed by atoms with Gasteiger partial charge in [0.25, 0.3) is 5.91 Å². The van der Waals surface area contributed by atoms with Crippen LogP contribution >= 0.6 is 0 Å². The number of nitrogens with zero attached hydrogens (tertiary/aromatic N) is 1. The third kappa shape index (κ3) is 2.68. The molecule has 0 aliphatic heterocycles. The number of hydrogen-bond acceptors (Lipinski definition) is 5. The van der Waals surface area contributed by atoms with E-state index in [-0.39, 0.29) is 11.7 Å². The number of aliphatic hydroxyl groups is 2. The highest BCUT2D eigenvalue weighted by molar-refractivity contribution is 5.91. The molecule has 2 aromatic rings. The van der Waals surface area contributed by atoms with Gasteiger partial charge in [0.2, 0.25) is 5.76 Å². The Labute approximate surface area is 121 Å². The fourth-order valence-electron chi connectivity index (χ4n) is 2.81. The van der Waals surface area contributed by atoms with Crippen LogP contribution in [0.25, 0.3) is 0 Å². The molecule has 0 bridgehead atoms. The van der Waals surface area contributed by atoms with Crippen LogP contribution in [0.4, 0.5) is 0 Å². The van der Waals surface area contributed by atoms with Gasteiger partial charge in [0.15, 0.2) is 0 Å². The molecular weight excluding hydrogens is 272 g/mol. The smallest absolute Gasteiger partial charge is 0.290 e. The van der Waals surface area contributed by atoms with E-state index in [2.05, 4.69) is 10.5 Å². The summed E-state index contributed by atoms with van der Waals surface area (Å²) in [6, 6.07) is 10.4. The van der Waals surface area contributed by atoms with Crippen molar-refractivity contribution in [2.75, 3.05) is 0 Å². The third-order valence-corrected chi connectivity index (χ3v) is 3.88. The molecule has 0 radical (unpaired) electrons. The summed E-state index contributed by atoms with van der Waals surface area (Å²) in [5.41, 5.74) is 0.968. The monoisotopic (exact) mass is 288 g/mol. The molecule has 6 heteroatoms. The predicted molar refractivity (Wildman–Crippen MR) is 73.6 cm³/mol. The van der Waals surface area contributed by atoms with E-state index in [0.29, 0.717) is 6.42 Å². The SMILES string of the molecule is O=C(NC1C(c2ccccc2)CC(O)C1O)c1ccno1. The number of hydrogen-bond donors (Lipinski definition) is 3. The summed E-state index contributed by atoms with van der Waals surface area (Å²) in [5.74, 6) is -0.523. The number of carbonyl (C=O) groups excluding carboxylic acids is 1. The van der Waals surface area contributed by atoms with Gasteiger partial charge in [-0.25, -0.2) is 0 Å². The molecular formula is C15H16N2O4. The molecule has 1 aliphatic rings. The Bertz CT molecular complexity index is 599. The van der Waals surface area contributed by atoms with Crippen molar-refractivity contribution in [2.24, 2.45) is 0 Å². The highest BCUT2D eigenvalue weighted by atomic mass is 16.5. The molecule has 1 heterocycles. The standard InChI is InChI=1S/C15H16N2O4/c18-11-8-10(9-4-2-1-3-5-9)13(14(11)19)17-15(20)12-6-7-16-21-12/h1-7,10-11,13-14,18-19H,8H2,(H,17,20). The van der Waals surface area contributed by atoms with Crippen molar-refractivity contribution < 1.29 is 19.5 Å². The number of nitrogens with one attached hydrogen (secondary N) is 1. The number of benzene rings is 1. The van der Waals surface area contributed by atoms with Crippen LogP contribution < -0.4 is 5.32 Å². The number of amides is 1. The van der Waals surface area contributed by atoms with Crippen LogP contribution in [0.3, 0.4) is 0 Å². The first-order valence-corrected chi connectivity index (χ1v) is 6.79. The molecule has 1 saturated carbocycles. The van der Waals surface area contributed by atoms with Gasteiger partial charge in [0.1, 0.15) is 6.10 Å². The lowest BCUT2D eigenvalue weighted by Crippen LogP contribution is -2.45. The van der Waals surface area contributed by atoms with Crippen molar-refractivity contribution in [3.8, 4) is 0 Å². The van der Waals surface area contributed by atoms with Crippen LogP contribution in [-0.2, 0) is 0 Å². The second-order valence-electron chi connectivity index (χ2n) is 5.19. The molecule has 1 fully saturated rings. The fraction of sp³-hybridized carbons (Fsp3) is 0.333. The lowest BCUT2D eigenvalue weighted by atomic mass is 9.93. The molecule has 6 nitrogen and oxygen atoms in total. The maximum atomic E-state index is 12.1. The quantitative estimate of drug-likeness (QED) is 0.772. The molecule has 1 aromatic heterocycles. The van der Waals surface area contributed by atoms with Gasteiger partial charge in [-0.2, -0.15) is 0 Å². The Kier molecular flexibility index (Phi) is 3.72. The van der Waals surface area contributed by atoms with E-state index < -0.39 is 24.2 Å². The van der Waals surface area contributed by atoms with Gasteiger partial charge in [0, 0.05) is 12.0 Å². The molecule has 1 aliphatic carbocycles. The van der Waals surface area contributed by atoms with Gasteiger partial charge in [-0.1, -0.05) is 35.5 Å². The van der Waals surface area contributed by atoms with Crippen molar-refractivity contribution in [1.82, 2.24) is 10.5 Å². The van der Waals surface area contributed by atoms with Gasteiger partial charge < -0.3 is 20.1 Å². The van der Waals surface area contributed by atoms with E-state index in [1.54, 1.807) is 0 Å². The predicted octanol–water partition coefficient (Wildman–Crippen LogP) is 0.682. The second-order valence-corrected chi connectivity index (χ2v) is 5.19. The molecule has 0 saturated heterocycles. The van der Waals surface area contributed by atoms with Gasteiger partial charge in [0.05, 0.1) is 18.3 Å². The normalized spacial score (nSPS) is 28.5. The number of aliphatic hydroxyl groups excluding tert-OH is 2. The lowest BCUT2D eigenvalue weighted by molar-refractivity contribution is 0.0290. The Balaban J connectivity index is 1.82. The lowest BCUT2D eigenvalue weighted by Gasteiger charge is -2.23. The van der Waals surface area contributed by atoms with E-state index in [9.17, 15) is 15.0 Å². The number of carbonyl (C=O) groups is 1. The molecule has 21 heavy (non-hydrogen) atoms. The zero-order valence-corrected chi connectivity index (χ0v) is 11.2. The average Bonchev–Trinajstić information content (AvgIpc) is 3.12. The van der Waals surface area contributed by atoms with Gasteiger partial charge in [-0.15, -0.1) is 0 Å². The van der Waals surface area contributed by atoms with Crippen molar-refractivity contribution in [1.29, 1.82) is 0 Å². The van der Waals surface area contributed by atoms with Crippen molar-refractivity contribution >= 4 is 5.91 Å². The maximum absolute atomic E-state index is 12.1. The minimum absolute atomic E-state index is 0.0791. The third-order valence-electron chi connectivity index (χ3n) is 3.88. The highest BCUT2D eigenvalue weighted by Crippen LogP contribution is 2.35. The summed E-state index contributed by atoms with van der Waals surface area (Å²) in [6.07, 6.45) is -0.104. The fourth-order valence-corrected chi connectivity index (χ4v) is 2.81. The molecule has 110 valence electrons. The van der Waals surface area contributed by atoms with Crippen molar-refractivity contribution in [2.45, 2.75) is 30.6 Å². The first kappa shape index (κ1) is 13.8. The summed E-state index contributed by atoms with van der Waals surface area (Å²) in [7, 11) is 0. The summed E-state index contributed by atoms with van der Waals surface area (Å²) in [4.78, 5) is 12.1. The first-order chi connectivity index (χ1) is 10.2. The molecule has 1 aromatic carbocycles. The topological polar surface area (TPSA) is 95.6 Å².